The van der Waals surface area contributed by atoms with E-state index in [1.54, 1.807) is 0 Å². The van der Waals surface area contributed by atoms with Crippen LogP contribution in [0.25, 0.3) is 0 Å². The first kappa shape index (κ1) is 22.7. The maximum Gasteiger partial charge on any atom is 0.119 e. The van der Waals surface area contributed by atoms with Crippen LogP contribution in [0, 0.1) is 0 Å². The molecule has 1 aromatic carbocycles. The van der Waals surface area contributed by atoms with Gasteiger partial charge in [-0.25, -0.2) is 0 Å². The molecule has 3 nitrogen and oxygen atoms in total. The minimum absolute atomic E-state index is 0.115. The Bertz CT molecular complexity index is 474. The van der Waals surface area contributed by atoms with Gasteiger partial charge in [-0.2, -0.15) is 0 Å². The van der Waals surface area contributed by atoms with Crippen molar-refractivity contribution in [2.75, 3.05) is 26.7 Å². The van der Waals surface area contributed by atoms with Gasteiger partial charge in [-0.15, -0.1) is 0 Å². The Morgan fingerprint density at radius 3 is 1.92 bits per heavy atom. The number of aliphatic carboxylic acids is 1. The Balaban J connectivity index is 2.21. The van der Waals surface area contributed by atoms with Crippen LogP contribution in [0.1, 0.15) is 76.7 Å². The Labute approximate surface area is 161 Å². The van der Waals surface area contributed by atoms with Gasteiger partial charge in [-0.3, -0.25) is 0 Å². The van der Waals surface area contributed by atoms with Gasteiger partial charge in [0.05, 0.1) is 26.1 Å². The van der Waals surface area contributed by atoms with Crippen LogP contribution in [0.2, 0.25) is 0 Å². The third-order valence-corrected chi connectivity index (χ3v) is 5.35. The van der Waals surface area contributed by atoms with Crippen LogP contribution in [-0.2, 0) is 11.2 Å². The van der Waals surface area contributed by atoms with Crippen LogP contribution in [0.3, 0.4) is 0 Å². The van der Waals surface area contributed by atoms with Crippen LogP contribution in [0.5, 0.6) is 0 Å². The van der Waals surface area contributed by atoms with Crippen LogP contribution in [0.4, 0.5) is 0 Å². The number of likely N-dealkylation sites (N-methyl/N-ethyl adjacent to an activating group) is 1. The summed E-state index contributed by atoms with van der Waals surface area (Å²) in [5.74, 6) is -0.937. The molecular formula is C23H39NO2. The summed E-state index contributed by atoms with van der Waals surface area (Å²) in [6.07, 6.45) is 14.0. The van der Waals surface area contributed by atoms with E-state index in [9.17, 15) is 9.90 Å². The molecule has 0 fully saturated rings. The summed E-state index contributed by atoms with van der Waals surface area (Å²) in [5, 5.41) is 11.2. The van der Waals surface area contributed by atoms with Gasteiger partial charge in [0, 0.05) is 6.42 Å². The lowest BCUT2D eigenvalue weighted by atomic mass is 10.1. The summed E-state index contributed by atoms with van der Waals surface area (Å²) in [6.45, 7) is 4.16. The third-order valence-electron chi connectivity index (χ3n) is 5.35. The standard InChI is InChI=1S/C23H39NO2/c1-3-4-5-6-7-8-9-10-11-15-19-24(2,21-23(25)26)20-18-22-16-13-12-14-17-22/h12-14,16-17H,3-11,15,18-21H2,1-2H3. The van der Waals surface area contributed by atoms with E-state index in [0.717, 1.165) is 25.9 Å². The average Bonchev–Trinajstić information content (AvgIpc) is 2.62. The number of benzene rings is 1. The maximum atomic E-state index is 11.2. The Kier molecular flexibility index (Phi) is 12.0. The number of hydrogen-bond donors (Lipinski definition) is 0. The molecule has 0 bridgehead atoms. The van der Waals surface area contributed by atoms with Crippen molar-refractivity contribution in [1.82, 2.24) is 0 Å². The minimum atomic E-state index is -0.937. The number of quaternary nitrogens is 1. The van der Waals surface area contributed by atoms with Crippen LogP contribution >= 0.6 is 0 Å². The largest absolute Gasteiger partial charge is 0.544 e. The molecule has 0 aliphatic carbocycles. The van der Waals surface area contributed by atoms with E-state index in [1.165, 1.54) is 63.4 Å². The number of carboxylic acid groups (broad SMARTS) is 1. The Morgan fingerprint density at radius 2 is 1.38 bits per heavy atom. The SMILES string of the molecule is CCCCCCCCCCCC[N+](C)(CCc1ccccc1)CC(=O)[O-]. The van der Waals surface area contributed by atoms with E-state index in [1.807, 2.05) is 18.2 Å². The molecule has 0 saturated carbocycles. The lowest BCUT2D eigenvalue weighted by molar-refractivity contribution is -0.904. The molecule has 0 amide bonds. The minimum Gasteiger partial charge on any atom is -0.544 e. The lowest BCUT2D eigenvalue weighted by Crippen LogP contribution is -2.52. The monoisotopic (exact) mass is 361 g/mol. The summed E-state index contributed by atoms with van der Waals surface area (Å²) in [5.41, 5.74) is 1.28. The zero-order valence-electron chi connectivity index (χ0n) is 17.0. The topological polar surface area (TPSA) is 40.1 Å². The highest BCUT2D eigenvalue weighted by Crippen LogP contribution is 2.13. The summed E-state index contributed by atoms with van der Waals surface area (Å²) in [6, 6.07) is 10.3. The number of nitrogens with zero attached hydrogens (tertiary/aromatic N) is 1. The molecule has 0 radical (unpaired) electrons. The lowest BCUT2D eigenvalue weighted by Gasteiger charge is -2.35. The molecule has 3 heteroatoms. The summed E-state index contributed by atoms with van der Waals surface area (Å²) < 4.78 is 0.578. The van der Waals surface area contributed by atoms with Crippen LogP contribution < -0.4 is 5.11 Å². The molecule has 0 saturated heterocycles. The first-order valence-corrected chi connectivity index (χ1v) is 10.6. The maximum absolute atomic E-state index is 11.2. The fourth-order valence-corrected chi connectivity index (χ4v) is 3.61. The Hall–Kier alpha value is -1.35. The van der Waals surface area contributed by atoms with Crippen molar-refractivity contribution in [3.8, 4) is 0 Å². The van der Waals surface area contributed by atoms with Gasteiger partial charge in [0.2, 0.25) is 0 Å². The summed E-state index contributed by atoms with van der Waals surface area (Å²) >= 11 is 0. The fraction of sp³-hybridized carbons (Fsp3) is 0.696. The van der Waals surface area contributed by atoms with Crippen molar-refractivity contribution in [3.05, 3.63) is 35.9 Å². The number of rotatable bonds is 16. The predicted octanol–water partition coefficient (Wildman–Crippen LogP) is 4.35. The van der Waals surface area contributed by atoms with Gasteiger partial charge < -0.3 is 14.4 Å². The normalized spacial score (nSPS) is 13.5. The Morgan fingerprint density at radius 1 is 0.846 bits per heavy atom. The number of unbranched alkanes of at least 4 members (excludes halogenated alkanes) is 9. The van der Waals surface area contributed by atoms with Gasteiger partial charge in [0.25, 0.3) is 0 Å². The molecule has 0 spiro atoms. The zero-order chi connectivity index (χ0) is 19.1. The molecule has 1 atom stereocenters. The van der Waals surface area contributed by atoms with E-state index in [-0.39, 0.29) is 6.54 Å². The average molecular weight is 362 g/mol. The van der Waals surface area contributed by atoms with Gasteiger partial charge in [-0.1, -0.05) is 88.6 Å². The second-order valence-electron chi connectivity index (χ2n) is 8.01. The zero-order valence-corrected chi connectivity index (χ0v) is 17.0. The molecule has 26 heavy (non-hydrogen) atoms. The third kappa shape index (κ3) is 11.3. The molecule has 1 unspecified atom stereocenters. The second-order valence-corrected chi connectivity index (χ2v) is 8.01. The highest BCUT2D eigenvalue weighted by Gasteiger charge is 2.21. The van der Waals surface area contributed by atoms with E-state index >= 15 is 0 Å². The fourth-order valence-electron chi connectivity index (χ4n) is 3.61. The smallest absolute Gasteiger partial charge is 0.119 e. The van der Waals surface area contributed by atoms with E-state index < -0.39 is 5.97 Å². The molecule has 0 aliphatic heterocycles. The van der Waals surface area contributed by atoms with E-state index in [0.29, 0.717) is 4.48 Å². The molecule has 0 aromatic heterocycles. The number of carbonyl (C=O) groups excluding carboxylic acids is 1. The van der Waals surface area contributed by atoms with Crippen molar-refractivity contribution in [2.24, 2.45) is 0 Å². The molecular weight excluding hydrogens is 322 g/mol. The second kappa shape index (κ2) is 13.8. The molecule has 0 aliphatic rings. The van der Waals surface area contributed by atoms with Crippen molar-refractivity contribution in [2.45, 2.75) is 77.6 Å². The van der Waals surface area contributed by atoms with Crippen molar-refractivity contribution in [1.29, 1.82) is 0 Å². The van der Waals surface area contributed by atoms with Crippen LogP contribution in [-0.4, -0.2) is 37.1 Å². The van der Waals surface area contributed by atoms with Crippen LogP contribution in [0.15, 0.2) is 30.3 Å². The molecule has 0 heterocycles. The van der Waals surface area contributed by atoms with E-state index in [2.05, 4.69) is 26.1 Å². The molecule has 1 aromatic rings. The van der Waals surface area contributed by atoms with Gasteiger partial charge in [0.1, 0.15) is 6.54 Å². The van der Waals surface area contributed by atoms with E-state index in [4.69, 9.17) is 0 Å². The number of carbonyl (C=O) groups is 1. The summed E-state index contributed by atoms with van der Waals surface area (Å²) in [4.78, 5) is 11.2. The molecule has 0 N–H and O–H groups in total. The summed E-state index contributed by atoms with van der Waals surface area (Å²) in [7, 11) is 2.06. The predicted molar refractivity (Wildman–Crippen MR) is 108 cm³/mol. The molecule has 1 rings (SSSR count). The first-order valence-electron chi connectivity index (χ1n) is 10.6. The van der Waals surface area contributed by atoms with Gasteiger partial charge in [-0.05, 0) is 18.4 Å². The number of carboxylic acids is 1. The van der Waals surface area contributed by atoms with Crippen molar-refractivity contribution >= 4 is 5.97 Å². The first-order chi connectivity index (χ1) is 12.6. The molecule has 148 valence electrons. The highest BCUT2D eigenvalue weighted by atomic mass is 16.4. The van der Waals surface area contributed by atoms with Crippen molar-refractivity contribution in [3.63, 3.8) is 0 Å². The van der Waals surface area contributed by atoms with Crippen molar-refractivity contribution < 1.29 is 14.4 Å². The van der Waals surface area contributed by atoms with Gasteiger partial charge >= 0.3 is 0 Å². The quantitative estimate of drug-likeness (QED) is 0.324. The number of hydrogen-bond acceptors (Lipinski definition) is 2. The highest BCUT2D eigenvalue weighted by molar-refractivity contribution is 5.65. The van der Waals surface area contributed by atoms with Gasteiger partial charge in [0.15, 0.2) is 0 Å².